The number of aromatic nitrogens is 5. The van der Waals surface area contributed by atoms with Gasteiger partial charge in [-0.2, -0.15) is 9.83 Å². The SMILES string of the molecule is CC(C)(C)C(=O)On1ccc(-n2nc(-c3ccc(Oc4ccccc4)cc3)c3c(N)ncnc32)c1. The van der Waals surface area contributed by atoms with Crippen molar-refractivity contribution in [2.24, 2.45) is 5.41 Å². The monoisotopic (exact) mass is 468 g/mol. The summed E-state index contributed by atoms with van der Waals surface area (Å²) in [5.74, 6) is 1.42. The molecule has 35 heavy (non-hydrogen) atoms. The largest absolute Gasteiger partial charge is 0.457 e. The van der Waals surface area contributed by atoms with Crippen LogP contribution in [0.1, 0.15) is 20.8 Å². The third kappa shape index (κ3) is 4.43. The molecule has 0 spiro atoms. The topological polar surface area (TPSA) is 110 Å². The highest BCUT2D eigenvalue weighted by Crippen LogP contribution is 2.33. The van der Waals surface area contributed by atoms with Gasteiger partial charge in [0.25, 0.3) is 0 Å². The maximum absolute atomic E-state index is 12.3. The fourth-order valence-corrected chi connectivity index (χ4v) is 3.44. The zero-order valence-electron chi connectivity index (χ0n) is 19.5. The quantitative estimate of drug-likeness (QED) is 0.399. The summed E-state index contributed by atoms with van der Waals surface area (Å²) in [6.45, 7) is 5.38. The molecule has 0 aliphatic rings. The average Bonchev–Trinajstić information content (AvgIpc) is 3.45. The summed E-state index contributed by atoms with van der Waals surface area (Å²) in [5, 5.41) is 5.41. The van der Waals surface area contributed by atoms with Crippen molar-refractivity contribution in [2.45, 2.75) is 20.8 Å². The fourth-order valence-electron chi connectivity index (χ4n) is 3.44. The van der Waals surface area contributed by atoms with Gasteiger partial charge in [0.1, 0.15) is 29.3 Å². The number of anilines is 1. The first-order valence-corrected chi connectivity index (χ1v) is 11.0. The van der Waals surface area contributed by atoms with E-state index in [2.05, 4.69) is 9.97 Å². The summed E-state index contributed by atoms with van der Waals surface area (Å²) in [5.41, 5.74) is 8.26. The van der Waals surface area contributed by atoms with Crippen LogP contribution in [0.3, 0.4) is 0 Å². The molecule has 0 aliphatic heterocycles. The predicted molar refractivity (Wildman–Crippen MR) is 132 cm³/mol. The van der Waals surface area contributed by atoms with Crippen LogP contribution in [-0.4, -0.2) is 30.4 Å². The van der Waals surface area contributed by atoms with Crippen molar-refractivity contribution < 1.29 is 14.4 Å². The lowest BCUT2D eigenvalue weighted by atomic mass is 9.98. The Bertz CT molecular complexity index is 1500. The first kappa shape index (κ1) is 22.1. The van der Waals surface area contributed by atoms with Crippen molar-refractivity contribution in [1.82, 2.24) is 24.5 Å². The van der Waals surface area contributed by atoms with E-state index in [1.165, 1.54) is 11.1 Å². The minimum Gasteiger partial charge on any atom is -0.457 e. The number of carbonyl (C=O) groups excluding carboxylic acids is 1. The molecule has 9 heteroatoms. The van der Waals surface area contributed by atoms with Gasteiger partial charge in [-0.1, -0.05) is 18.2 Å². The standard InChI is InChI=1S/C26H24N6O3/c1-26(2,3)25(33)35-31-14-13-18(15-31)32-24-21(23(27)28-16-29-24)22(30-32)17-9-11-20(12-10-17)34-19-7-5-4-6-8-19/h4-16H,1-3H3,(H2,27,28,29). The van der Waals surface area contributed by atoms with Crippen LogP contribution in [0.4, 0.5) is 5.82 Å². The zero-order valence-corrected chi connectivity index (χ0v) is 19.5. The normalized spacial score (nSPS) is 11.5. The molecule has 2 aromatic carbocycles. The van der Waals surface area contributed by atoms with E-state index in [9.17, 15) is 4.79 Å². The minimum absolute atomic E-state index is 0.319. The highest BCUT2D eigenvalue weighted by Gasteiger charge is 2.25. The minimum atomic E-state index is -0.631. The van der Waals surface area contributed by atoms with Crippen molar-refractivity contribution in [3.8, 4) is 28.4 Å². The number of para-hydroxylation sites is 1. The van der Waals surface area contributed by atoms with Crippen molar-refractivity contribution in [2.75, 3.05) is 5.73 Å². The van der Waals surface area contributed by atoms with Gasteiger partial charge in [-0.25, -0.2) is 19.4 Å². The van der Waals surface area contributed by atoms with Crippen molar-refractivity contribution in [3.05, 3.63) is 79.4 Å². The maximum atomic E-state index is 12.3. The lowest BCUT2D eigenvalue weighted by Crippen LogP contribution is -2.30. The second-order valence-electron chi connectivity index (χ2n) is 9.02. The smallest absolute Gasteiger partial charge is 0.338 e. The third-order valence-corrected chi connectivity index (χ3v) is 5.30. The fraction of sp³-hybridized carbons (Fsp3) is 0.154. The molecule has 0 bridgehead atoms. The number of carbonyl (C=O) groups is 1. The van der Waals surface area contributed by atoms with Crippen LogP contribution in [0.2, 0.25) is 0 Å². The zero-order chi connectivity index (χ0) is 24.6. The van der Waals surface area contributed by atoms with E-state index < -0.39 is 5.41 Å². The number of fused-ring (bicyclic) bond motifs is 1. The van der Waals surface area contributed by atoms with E-state index in [0.29, 0.717) is 34.0 Å². The predicted octanol–water partition coefficient (Wildman–Crippen LogP) is 4.66. The van der Waals surface area contributed by atoms with Gasteiger partial charge >= 0.3 is 5.97 Å². The number of benzene rings is 2. The van der Waals surface area contributed by atoms with Crippen molar-refractivity contribution >= 4 is 22.8 Å². The van der Waals surface area contributed by atoms with E-state index in [0.717, 1.165) is 11.3 Å². The highest BCUT2D eigenvalue weighted by atomic mass is 16.7. The van der Waals surface area contributed by atoms with Gasteiger partial charge in [0.2, 0.25) is 0 Å². The molecule has 9 nitrogen and oxygen atoms in total. The molecule has 2 N–H and O–H groups in total. The second-order valence-corrected chi connectivity index (χ2v) is 9.02. The van der Waals surface area contributed by atoms with E-state index >= 15 is 0 Å². The second kappa shape index (κ2) is 8.60. The van der Waals surface area contributed by atoms with Gasteiger partial charge < -0.3 is 15.3 Å². The molecule has 0 saturated carbocycles. The number of ether oxygens (including phenoxy) is 1. The van der Waals surface area contributed by atoms with Gasteiger partial charge in [-0.15, -0.1) is 0 Å². The Labute approximate surface area is 201 Å². The van der Waals surface area contributed by atoms with E-state index in [-0.39, 0.29) is 5.97 Å². The number of nitrogens with two attached hydrogens (primary N) is 1. The van der Waals surface area contributed by atoms with Crippen molar-refractivity contribution in [3.63, 3.8) is 0 Å². The summed E-state index contributed by atoms with van der Waals surface area (Å²) in [6, 6.07) is 18.9. The number of rotatable bonds is 5. The van der Waals surface area contributed by atoms with Crippen LogP contribution >= 0.6 is 0 Å². The third-order valence-electron chi connectivity index (χ3n) is 5.30. The van der Waals surface area contributed by atoms with E-state index in [1.807, 2.05) is 54.6 Å². The summed E-state index contributed by atoms with van der Waals surface area (Å²) >= 11 is 0. The molecule has 0 atom stereocenters. The molecule has 0 fully saturated rings. The molecule has 3 aromatic heterocycles. The highest BCUT2D eigenvalue weighted by molar-refractivity contribution is 5.98. The van der Waals surface area contributed by atoms with E-state index in [4.69, 9.17) is 20.4 Å². The van der Waals surface area contributed by atoms with Gasteiger partial charge in [0.05, 0.1) is 22.7 Å². The first-order valence-electron chi connectivity index (χ1n) is 11.0. The average molecular weight is 469 g/mol. The van der Waals surface area contributed by atoms with Gasteiger partial charge in [-0.3, -0.25) is 0 Å². The Kier molecular flexibility index (Phi) is 5.44. The molecule has 5 rings (SSSR count). The lowest BCUT2D eigenvalue weighted by Gasteiger charge is -2.15. The van der Waals surface area contributed by atoms with Gasteiger partial charge in [0, 0.05) is 11.8 Å². The molecule has 0 saturated heterocycles. The summed E-state index contributed by atoms with van der Waals surface area (Å²) in [6.07, 6.45) is 4.70. The molecule has 0 unspecified atom stereocenters. The van der Waals surface area contributed by atoms with Crippen LogP contribution in [0.25, 0.3) is 28.0 Å². The van der Waals surface area contributed by atoms with Crippen molar-refractivity contribution in [1.29, 1.82) is 0 Å². The van der Waals surface area contributed by atoms with Crippen LogP contribution < -0.4 is 15.3 Å². The Balaban J connectivity index is 1.50. The molecule has 3 heterocycles. The molecule has 176 valence electrons. The number of hydrogen-bond acceptors (Lipinski definition) is 7. The maximum Gasteiger partial charge on any atom is 0.338 e. The molecular formula is C26H24N6O3. The number of nitrogen functional groups attached to an aromatic ring is 1. The van der Waals surface area contributed by atoms with Crippen LogP contribution in [0.15, 0.2) is 79.4 Å². The summed E-state index contributed by atoms with van der Waals surface area (Å²) < 4.78 is 8.90. The Morgan fingerprint density at radius 1 is 0.943 bits per heavy atom. The Hall–Kier alpha value is -4.66. The lowest BCUT2D eigenvalue weighted by molar-refractivity contribution is -0.153. The van der Waals surface area contributed by atoms with E-state index in [1.54, 1.807) is 43.9 Å². The first-order chi connectivity index (χ1) is 16.8. The number of nitrogens with zero attached hydrogens (tertiary/aromatic N) is 5. The van der Waals surface area contributed by atoms with Crippen LogP contribution in [0.5, 0.6) is 11.5 Å². The van der Waals surface area contributed by atoms with Crippen LogP contribution in [-0.2, 0) is 4.79 Å². The molecular weight excluding hydrogens is 444 g/mol. The van der Waals surface area contributed by atoms with Crippen LogP contribution in [0, 0.1) is 5.41 Å². The molecule has 0 amide bonds. The Morgan fingerprint density at radius 2 is 1.66 bits per heavy atom. The molecule has 5 aromatic rings. The summed E-state index contributed by atoms with van der Waals surface area (Å²) in [7, 11) is 0. The summed E-state index contributed by atoms with van der Waals surface area (Å²) in [4.78, 5) is 26.3. The molecule has 0 aliphatic carbocycles. The molecule has 0 radical (unpaired) electrons. The van der Waals surface area contributed by atoms with Gasteiger partial charge in [0.15, 0.2) is 5.65 Å². The number of hydrogen-bond donors (Lipinski definition) is 1. The Morgan fingerprint density at radius 3 is 2.37 bits per heavy atom. The van der Waals surface area contributed by atoms with Gasteiger partial charge in [-0.05, 0) is 63.2 Å².